The predicted molar refractivity (Wildman–Crippen MR) is 127 cm³/mol. The summed E-state index contributed by atoms with van der Waals surface area (Å²) in [5, 5.41) is 10.4. The van der Waals surface area contributed by atoms with E-state index < -0.39 is 11.4 Å². The van der Waals surface area contributed by atoms with Crippen LogP contribution in [-0.2, 0) is 5.60 Å². The van der Waals surface area contributed by atoms with Gasteiger partial charge in [0, 0.05) is 56.0 Å². The number of aryl methyl sites for hydroxylation is 1. The fourth-order valence-electron chi connectivity index (χ4n) is 4.99. The number of nitrogens with zero attached hydrogens (tertiary/aromatic N) is 5. The van der Waals surface area contributed by atoms with Gasteiger partial charge in [0.2, 0.25) is 0 Å². The van der Waals surface area contributed by atoms with E-state index in [1.165, 1.54) is 6.07 Å². The Morgan fingerprint density at radius 1 is 1.06 bits per heavy atom. The van der Waals surface area contributed by atoms with Crippen molar-refractivity contribution in [2.45, 2.75) is 26.4 Å². The second-order valence-electron chi connectivity index (χ2n) is 9.82. The van der Waals surface area contributed by atoms with Crippen LogP contribution in [0.5, 0.6) is 0 Å². The smallest absolute Gasteiger partial charge is 0.257 e. The molecule has 1 aromatic carbocycles. The summed E-state index contributed by atoms with van der Waals surface area (Å²) in [6, 6.07) is 10.2. The third-order valence-corrected chi connectivity index (χ3v) is 6.71. The lowest BCUT2D eigenvalue weighted by Crippen LogP contribution is -2.34. The average molecular weight is 462 g/mol. The number of aromatic nitrogens is 3. The minimum absolute atomic E-state index is 0.0284. The average Bonchev–Trinajstić information content (AvgIpc) is 3.38. The van der Waals surface area contributed by atoms with E-state index in [4.69, 9.17) is 4.98 Å². The lowest BCUT2D eigenvalue weighted by atomic mass is 10.0. The highest BCUT2D eigenvalue weighted by Crippen LogP contribution is 2.36. The number of anilines is 1. The second kappa shape index (κ2) is 8.43. The van der Waals surface area contributed by atoms with Crippen LogP contribution >= 0.6 is 0 Å². The Hall–Kier alpha value is -3.39. The Balaban J connectivity index is 1.34. The fraction of sp³-hybridized carbons (Fsp3) is 0.385. The first-order valence-electron chi connectivity index (χ1n) is 11.5. The van der Waals surface area contributed by atoms with Gasteiger partial charge in [-0.15, -0.1) is 0 Å². The number of benzene rings is 1. The van der Waals surface area contributed by atoms with Gasteiger partial charge in [0.25, 0.3) is 5.91 Å². The van der Waals surface area contributed by atoms with Crippen molar-refractivity contribution in [3.63, 3.8) is 0 Å². The Morgan fingerprint density at radius 3 is 2.38 bits per heavy atom. The molecule has 0 aliphatic carbocycles. The molecule has 2 saturated heterocycles. The number of carbonyl (C=O) groups is 1. The molecule has 0 radical (unpaired) electrons. The lowest BCUT2D eigenvalue weighted by Gasteiger charge is -2.25. The maximum Gasteiger partial charge on any atom is 0.257 e. The number of likely N-dealkylation sites (tertiary alicyclic amines) is 1. The number of pyridine rings is 1. The van der Waals surface area contributed by atoms with Gasteiger partial charge in [0.05, 0.1) is 11.3 Å². The van der Waals surface area contributed by atoms with Crippen LogP contribution in [0.3, 0.4) is 0 Å². The first kappa shape index (κ1) is 22.4. The third kappa shape index (κ3) is 4.14. The molecule has 0 saturated carbocycles. The highest BCUT2D eigenvalue weighted by Gasteiger charge is 2.43. The number of rotatable bonds is 4. The maximum absolute atomic E-state index is 14.8. The van der Waals surface area contributed by atoms with E-state index >= 15 is 0 Å². The monoisotopic (exact) mass is 461 g/mol. The quantitative estimate of drug-likeness (QED) is 0.641. The van der Waals surface area contributed by atoms with Crippen LogP contribution < -0.4 is 4.90 Å². The van der Waals surface area contributed by atoms with Crippen molar-refractivity contribution in [2.24, 2.45) is 11.8 Å². The molecule has 4 heterocycles. The summed E-state index contributed by atoms with van der Waals surface area (Å²) >= 11 is 0. The number of hydrogen-bond donors (Lipinski definition) is 1. The number of hydrogen-bond acceptors (Lipinski definition) is 6. The molecule has 5 rings (SSSR count). The van der Waals surface area contributed by atoms with E-state index in [1.807, 2.05) is 19.1 Å². The first-order valence-corrected chi connectivity index (χ1v) is 11.5. The second-order valence-corrected chi connectivity index (χ2v) is 9.82. The van der Waals surface area contributed by atoms with Crippen molar-refractivity contribution in [3.05, 3.63) is 71.4 Å². The minimum Gasteiger partial charge on any atom is -0.384 e. The molecular formula is C26H28FN5O2. The van der Waals surface area contributed by atoms with Gasteiger partial charge in [0.1, 0.15) is 17.2 Å². The summed E-state index contributed by atoms with van der Waals surface area (Å²) in [6.45, 7) is 8.13. The summed E-state index contributed by atoms with van der Waals surface area (Å²) < 4.78 is 14.8. The molecular weight excluding hydrogens is 433 g/mol. The summed E-state index contributed by atoms with van der Waals surface area (Å²) in [5.74, 6) is 0.863. The Labute approximate surface area is 198 Å². The molecule has 1 amide bonds. The van der Waals surface area contributed by atoms with Crippen molar-refractivity contribution in [3.8, 4) is 11.4 Å². The topological polar surface area (TPSA) is 82.5 Å². The van der Waals surface area contributed by atoms with Crippen molar-refractivity contribution < 1.29 is 14.3 Å². The van der Waals surface area contributed by atoms with E-state index in [2.05, 4.69) is 14.9 Å². The highest BCUT2D eigenvalue weighted by atomic mass is 19.1. The van der Waals surface area contributed by atoms with Crippen molar-refractivity contribution in [1.29, 1.82) is 0 Å². The van der Waals surface area contributed by atoms with E-state index in [0.717, 1.165) is 24.5 Å². The molecule has 2 unspecified atom stereocenters. The fourth-order valence-corrected chi connectivity index (χ4v) is 4.99. The van der Waals surface area contributed by atoms with Gasteiger partial charge in [-0.05, 0) is 50.6 Å². The van der Waals surface area contributed by atoms with Crippen LogP contribution in [0.1, 0.15) is 35.5 Å². The number of amides is 1. The van der Waals surface area contributed by atoms with Crippen LogP contribution in [0.15, 0.2) is 48.8 Å². The maximum atomic E-state index is 14.8. The molecule has 8 heteroatoms. The summed E-state index contributed by atoms with van der Waals surface area (Å²) in [4.78, 5) is 30.5. The standard InChI is InChI=1S/C26H28FN5O2/c1-16-10-21(26(2,3)34)30-22(11-16)31-12-17-14-32(15-18(17)13-31)25(33)23-19(6-4-7-20(23)27)24-28-8-5-9-29-24/h4-11,17-18,34H,12-15H2,1-3H3. The van der Waals surface area contributed by atoms with E-state index in [9.17, 15) is 14.3 Å². The number of carbonyl (C=O) groups excluding carboxylic acids is 1. The SMILES string of the molecule is Cc1cc(N2CC3CN(C(=O)c4c(F)cccc4-c4ncccn4)CC3C2)nc(C(C)(C)O)c1. The number of halogens is 1. The number of aliphatic hydroxyl groups is 1. The lowest BCUT2D eigenvalue weighted by molar-refractivity contribution is 0.0737. The van der Waals surface area contributed by atoms with E-state index in [-0.39, 0.29) is 23.3 Å². The molecule has 3 aromatic rings. The number of fused-ring (bicyclic) bond motifs is 1. The molecule has 2 aliphatic heterocycles. The minimum atomic E-state index is -1.01. The zero-order valence-corrected chi connectivity index (χ0v) is 19.6. The van der Waals surface area contributed by atoms with E-state index in [0.29, 0.717) is 30.2 Å². The van der Waals surface area contributed by atoms with Crippen LogP contribution in [-0.4, -0.2) is 57.0 Å². The van der Waals surface area contributed by atoms with Gasteiger partial charge < -0.3 is 14.9 Å². The largest absolute Gasteiger partial charge is 0.384 e. The zero-order chi connectivity index (χ0) is 24.0. The van der Waals surface area contributed by atoms with Gasteiger partial charge in [-0.1, -0.05) is 12.1 Å². The molecule has 176 valence electrons. The molecule has 0 spiro atoms. The van der Waals surface area contributed by atoms with Gasteiger partial charge in [0.15, 0.2) is 5.82 Å². The van der Waals surface area contributed by atoms with Crippen molar-refractivity contribution in [2.75, 3.05) is 31.1 Å². The van der Waals surface area contributed by atoms with Gasteiger partial charge in [-0.2, -0.15) is 0 Å². The predicted octanol–water partition coefficient (Wildman–Crippen LogP) is 3.42. The van der Waals surface area contributed by atoms with Gasteiger partial charge >= 0.3 is 0 Å². The molecule has 2 aromatic heterocycles. The molecule has 7 nitrogen and oxygen atoms in total. The Kier molecular flexibility index (Phi) is 5.56. The van der Waals surface area contributed by atoms with E-state index in [1.54, 1.807) is 49.3 Å². The van der Waals surface area contributed by atoms with Crippen molar-refractivity contribution in [1.82, 2.24) is 19.9 Å². The highest BCUT2D eigenvalue weighted by molar-refractivity contribution is 6.00. The molecule has 0 bridgehead atoms. The van der Waals surface area contributed by atoms with Crippen LogP contribution in [0.25, 0.3) is 11.4 Å². The van der Waals surface area contributed by atoms with Gasteiger partial charge in [-0.3, -0.25) is 4.79 Å². The molecule has 1 N–H and O–H groups in total. The molecule has 2 atom stereocenters. The van der Waals surface area contributed by atoms with Crippen molar-refractivity contribution >= 4 is 11.7 Å². The normalized spacial score (nSPS) is 20.0. The molecule has 34 heavy (non-hydrogen) atoms. The molecule has 2 aliphatic rings. The van der Waals surface area contributed by atoms with Crippen LogP contribution in [0.4, 0.5) is 10.2 Å². The Morgan fingerprint density at radius 2 is 1.74 bits per heavy atom. The van der Waals surface area contributed by atoms with Gasteiger partial charge in [-0.25, -0.2) is 19.3 Å². The first-order chi connectivity index (χ1) is 16.2. The van der Waals surface area contributed by atoms with Crippen LogP contribution in [0.2, 0.25) is 0 Å². The zero-order valence-electron chi connectivity index (χ0n) is 19.6. The summed E-state index contributed by atoms with van der Waals surface area (Å²) in [7, 11) is 0. The Bertz CT molecular complexity index is 1210. The third-order valence-electron chi connectivity index (χ3n) is 6.71. The molecule has 2 fully saturated rings. The summed E-state index contributed by atoms with van der Waals surface area (Å²) in [5.41, 5.74) is 1.12. The summed E-state index contributed by atoms with van der Waals surface area (Å²) in [6.07, 6.45) is 3.16. The van der Waals surface area contributed by atoms with Crippen LogP contribution in [0, 0.1) is 24.6 Å².